The standard InChI is InChI=1S/C21H16Cl2FNO5/c1-10(2)18(21(29)30-9-17(26)11-3-5-12(24)6-4-11)25-19(27)13-7-15(22)16(23)8-14(13)20(25)28/h3-8,10,18H,9H2,1-2H3/t18-/m1/s1. The van der Waals surface area contributed by atoms with E-state index in [9.17, 15) is 23.6 Å². The van der Waals surface area contributed by atoms with Crippen LogP contribution in [0.1, 0.15) is 44.9 Å². The van der Waals surface area contributed by atoms with E-state index in [1.165, 1.54) is 24.3 Å². The molecule has 1 aliphatic rings. The van der Waals surface area contributed by atoms with Crippen molar-refractivity contribution in [2.45, 2.75) is 19.9 Å². The molecule has 6 nitrogen and oxygen atoms in total. The van der Waals surface area contributed by atoms with Gasteiger partial charge >= 0.3 is 5.97 Å². The molecule has 0 fully saturated rings. The minimum atomic E-state index is -1.25. The van der Waals surface area contributed by atoms with Crippen LogP contribution in [0.2, 0.25) is 10.0 Å². The van der Waals surface area contributed by atoms with Crippen LogP contribution in [0.5, 0.6) is 0 Å². The van der Waals surface area contributed by atoms with E-state index < -0.39 is 48.0 Å². The molecule has 0 saturated carbocycles. The summed E-state index contributed by atoms with van der Waals surface area (Å²) >= 11 is 11.9. The predicted molar refractivity (Wildman–Crippen MR) is 107 cm³/mol. The number of carbonyl (C=O) groups is 4. The first-order chi connectivity index (χ1) is 14.1. The average molecular weight is 452 g/mol. The molecule has 1 atom stereocenters. The monoisotopic (exact) mass is 451 g/mol. The molecule has 0 unspecified atom stereocenters. The number of ether oxygens (including phenoxy) is 1. The first-order valence-electron chi connectivity index (χ1n) is 8.94. The van der Waals surface area contributed by atoms with Gasteiger partial charge in [-0.2, -0.15) is 0 Å². The lowest BCUT2D eigenvalue weighted by Crippen LogP contribution is -2.49. The van der Waals surface area contributed by atoms with E-state index in [-0.39, 0.29) is 26.7 Å². The highest BCUT2D eigenvalue weighted by Gasteiger charge is 2.45. The lowest BCUT2D eigenvalue weighted by Gasteiger charge is -2.27. The van der Waals surface area contributed by atoms with Gasteiger partial charge in [0.1, 0.15) is 11.9 Å². The number of Topliss-reactive ketones (excluding diaryl/α,β-unsaturated/α-hetero) is 1. The van der Waals surface area contributed by atoms with Crippen molar-refractivity contribution in [3.8, 4) is 0 Å². The number of imide groups is 1. The van der Waals surface area contributed by atoms with Gasteiger partial charge in [-0.25, -0.2) is 9.18 Å². The van der Waals surface area contributed by atoms with Gasteiger partial charge in [0, 0.05) is 5.56 Å². The van der Waals surface area contributed by atoms with Crippen molar-refractivity contribution in [3.63, 3.8) is 0 Å². The van der Waals surface area contributed by atoms with Gasteiger partial charge in [-0.3, -0.25) is 19.3 Å². The summed E-state index contributed by atoms with van der Waals surface area (Å²) in [6.07, 6.45) is 0. The number of nitrogens with zero attached hydrogens (tertiary/aromatic N) is 1. The third-order valence-electron chi connectivity index (χ3n) is 4.62. The molecule has 0 aromatic heterocycles. The summed E-state index contributed by atoms with van der Waals surface area (Å²) in [7, 11) is 0. The first-order valence-corrected chi connectivity index (χ1v) is 9.69. The minimum absolute atomic E-state index is 0.0373. The maximum Gasteiger partial charge on any atom is 0.330 e. The molecule has 0 radical (unpaired) electrons. The molecule has 2 aromatic rings. The number of halogens is 3. The molecule has 3 rings (SSSR count). The topological polar surface area (TPSA) is 80.8 Å². The highest BCUT2D eigenvalue weighted by Crippen LogP contribution is 2.33. The molecule has 1 aliphatic heterocycles. The van der Waals surface area contributed by atoms with E-state index >= 15 is 0 Å². The summed E-state index contributed by atoms with van der Waals surface area (Å²) in [5, 5.41) is 0.207. The van der Waals surface area contributed by atoms with Crippen LogP contribution in [0.15, 0.2) is 36.4 Å². The van der Waals surface area contributed by atoms with E-state index in [4.69, 9.17) is 27.9 Å². The quantitative estimate of drug-likeness (QED) is 0.373. The summed E-state index contributed by atoms with van der Waals surface area (Å²) in [5.74, 6) is -3.86. The maximum atomic E-state index is 13.0. The number of esters is 1. The van der Waals surface area contributed by atoms with Gasteiger partial charge in [0.25, 0.3) is 11.8 Å². The Morgan fingerprint density at radius 2 is 1.50 bits per heavy atom. The third-order valence-corrected chi connectivity index (χ3v) is 5.34. The molecule has 9 heteroatoms. The molecule has 30 heavy (non-hydrogen) atoms. The van der Waals surface area contributed by atoms with Gasteiger partial charge in [-0.15, -0.1) is 0 Å². The number of benzene rings is 2. The molecule has 0 bridgehead atoms. The van der Waals surface area contributed by atoms with Gasteiger partial charge in [0.05, 0.1) is 21.2 Å². The van der Waals surface area contributed by atoms with Crippen LogP contribution < -0.4 is 0 Å². The molecule has 0 saturated heterocycles. The molecule has 0 spiro atoms. The second-order valence-corrected chi connectivity index (χ2v) is 7.83. The van der Waals surface area contributed by atoms with Gasteiger partial charge in [-0.05, 0) is 42.3 Å². The van der Waals surface area contributed by atoms with Crippen molar-refractivity contribution in [3.05, 3.63) is 69.0 Å². The molecule has 0 aliphatic carbocycles. The fourth-order valence-corrected chi connectivity index (χ4v) is 3.45. The Kier molecular flexibility index (Phi) is 6.24. The summed E-state index contributed by atoms with van der Waals surface area (Å²) < 4.78 is 18.1. The van der Waals surface area contributed by atoms with E-state index in [1.807, 2.05) is 0 Å². The van der Waals surface area contributed by atoms with Crippen LogP contribution in [-0.2, 0) is 9.53 Å². The highest BCUT2D eigenvalue weighted by atomic mass is 35.5. The Bertz CT molecular complexity index is 1010. The van der Waals surface area contributed by atoms with Crippen molar-refractivity contribution in [1.29, 1.82) is 0 Å². The number of hydrogen-bond acceptors (Lipinski definition) is 5. The summed E-state index contributed by atoms with van der Waals surface area (Å²) in [6.45, 7) is 2.66. The van der Waals surface area contributed by atoms with Gasteiger partial charge in [0.15, 0.2) is 12.4 Å². The lowest BCUT2D eigenvalue weighted by molar-refractivity contribution is -0.148. The Labute approximate surface area is 181 Å². The van der Waals surface area contributed by atoms with Crippen LogP contribution in [-0.4, -0.2) is 41.1 Å². The van der Waals surface area contributed by atoms with E-state index in [1.54, 1.807) is 13.8 Å². The zero-order valence-corrected chi connectivity index (χ0v) is 17.5. The minimum Gasteiger partial charge on any atom is -0.456 e. The summed E-state index contributed by atoms with van der Waals surface area (Å²) in [4.78, 5) is 51.3. The lowest BCUT2D eigenvalue weighted by atomic mass is 10.0. The number of rotatable bonds is 6. The number of amides is 2. The third kappa shape index (κ3) is 4.08. The second kappa shape index (κ2) is 8.53. The van der Waals surface area contributed by atoms with Crippen LogP contribution in [0.4, 0.5) is 4.39 Å². The van der Waals surface area contributed by atoms with Gasteiger partial charge < -0.3 is 4.74 Å². The fourth-order valence-electron chi connectivity index (χ4n) is 3.12. The zero-order valence-electron chi connectivity index (χ0n) is 15.9. The Balaban J connectivity index is 1.79. The molecule has 1 heterocycles. The molecule has 156 valence electrons. The molecule has 2 amide bonds. The largest absolute Gasteiger partial charge is 0.456 e. The normalized spacial score (nSPS) is 14.1. The Morgan fingerprint density at radius 1 is 1.00 bits per heavy atom. The Morgan fingerprint density at radius 3 is 1.97 bits per heavy atom. The van der Waals surface area contributed by atoms with Crippen molar-refractivity contribution >= 4 is 46.8 Å². The molecular formula is C21H16Cl2FNO5. The predicted octanol–water partition coefficient (Wildman–Crippen LogP) is 4.18. The first kappa shape index (κ1) is 21.9. The second-order valence-electron chi connectivity index (χ2n) is 7.02. The number of carbonyl (C=O) groups excluding carboxylic acids is 4. The van der Waals surface area contributed by atoms with E-state index in [0.717, 1.165) is 17.0 Å². The van der Waals surface area contributed by atoms with Crippen molar-refractivity contribution in [2.24, 2.45) is 5.92 Å². The summed E-state index contributed by atoms with van der Waals surface area (Å²) in [5.41, 5.74) is 0.237. The summed E-state index contributed by atoms with van der Waals surface area (Å²) in [6, 6.07) is 6.06. The smallest absolute Gasteiger partial charge is 0.330 e. The van der Waals surface area contributed by atoms with Crippen LogP contribution in [0, 0.1) is 11.7 Å². The SMILES string of the molecule is CC(C)[C@H](C(=O)OCC(=O)c1ccc(F)cc1)N1C(=O)c2cc(Cl)c(Cl)cc2C1=O. The molecule has 0 N–H and O–H groups in total. The van der Waals surface area contributed by atoms with Gasteiger partial charge in [-0.1, -0.05) is 37.0 Å². The Hall–Kier alpha value is -2.77. The average Bonchev–Trinajstić information content (AvgIpc) is 2.92. The zero-order chi connectivity index (χ0) is 22.2. The van der Waals surface area contributed by atoms with Crippen LogP contribution in [0.3, 0.4) is 0 Å². The van der Waals surface area contributed by atoms with Crippen molar-refractivity contribution in [2.75, 3.05) is 6.61 Å². The van der Waals surface area contributed by atoms with E-state index in [0.29, 0.717) is 0 Å². The molecular weight excluding hydrogens is 436 g/mol. The highest BCUT2D eigenvalue weighted by molar-refractivity contribution is 6.43. The fraction of sp³-hybridized carbons (Fsp3) is 0.238. The molecule has 2 aromatic carbocycles. The van der Waals surface area contributed by atoms with Crippen LogP contribution >= 0.6 is 23.2 Å². The van der Waals surface area contributed by atoms with Crippen molar-refractivity contribution < 1.29 is 28.3 Å². The number of ketones is 1. The maximum absolute atomic E-state index is 13.0. The number of hydrogen-bond donors (Lipinski definition) is 0. The van der Waals surface area contributed by atoms with Crippen LogP contribution in [0.25, 0.3) is 0 Å². The van der Waals surface area contributed by atoms with E-state index in [2.05, 4.69) is 0 Å². The van der Waals surface area contributed by atoms with Crippen molar-refractivity contribution in [1.82, 2.24) is 4.90 Å². The number of fused-ring (bicyclic) bond motifs is 1. The van der Waals surface area contributed by atoms with Gasteiger partial charge in [0.2, 0.25) is 0 Å².